The van der Waals surface area contributed by atoms with Gasteiger partial charge in [0, 0.05) is 25.8 Å². The van der Waals surface area contributed by atoms with Crippen LogP contribution in [0.15, 0.2) is 18.2 Å². The van der Waals surface area contributed by atoms with Gasteiger partial charge < -0.3 is 10.1 Å². The van der Waals surface area contributed by atoms with Crippen molar-refractivity contribution in [3.05, 3.63) is 35.1 Å². The maximum absolute atomic E-state index is 13.5. The number of ether oxygens (including phenoxy) is 1. The van der Waals surface area contributed by atoms with Crippen molar-refractivity contribution in [1.29, 1.82) is 5.26 Å². The van der Waals surface area contributed by atoms with E-state index in [9.17, 15) is 4.39 Å². The Bertz CT molecular complexity index is 458. The van der Waals surface area contributed by atoms with Crippen LogP contribution in [0.2, 0.25) is 0 Å². The van der Waals surface area contributed by atoms with Gasteiger partial charge in [0.2, 0.25) is 0 Å². The third-order valence-electron chi connectivity index (χ3n) is 3.64. The third-order valence-corrected chi connectivity index (χ3v) is 3.64. The molecule has 18 heavy (non-hydrogen) atoms. The van der Waals surface area contributed by atoms with Crippen molar-refractivity contribution in [2.24, 2.45) is 0 Å². The van der Waals surface area contributed by atoms with Crippen LogP contribution in [0.4, 0.5) is 4.39 Å². The molecular weight excluding hydrogens is 231 g/mol. The van der Waals surface area contributed by atoms with E-state index in [2.05, 4.69) is 5.32 Å². The van der Waals surface area contributed by atoms with Crippen LogP contribution in [0.1, 0.15) is 30.4 Å². The summed E-state index contributed by atoms with van der Waals surface area (Å²) in [5, 5.41) is 12.0. The molecule has 0 radical (unpaired) electrons. The average Bonchev–Trinajstić information content (AvgIpc) is 2.35. The van der Waals surface area contributed by atoms with E-state index in [0.29, 0.717) is 17.7 Å². The van der Waals surface area contributed by atoms with Gasteiger partial charge in [-0.2, -0.15) is 5.26 Å². The lowest BCUT2D eigenvalue weighted by Crippen LogP contribution is -2.47. The van der Waals surface area contributed by atoms with Crippen LogP contribution in [-0.2, 0) is 11.3 Å². The first-order valence-corrected chi connectivity index (χ1v) is 6.13. The molecule has 1 aromatic carbocycles. The summed E-state index contributed by atoms with van der Waals surface area (Å²) in [4.78, 5) is 0. The first kappa shape index (κ1) is 13.0. The van der Waals surface area contributed by atoms with E-state index in [-0.39, 0.29) is 11.4 Å². The Labute approximate surface area is 107 Å². The quantitative estimate of drug-likeness (QED) is 0.870. The van der Waals surface area contributed by atoms with Gasteiger partial charge in [-0.1, -0.05) is 0 Å². The molecule has 4 heteroatoms. The van der Waals surface area contributed by atoms with E-state index in [1.54, 1.807) is 13.2 Å². The van der Waals surface area contributed by atoms with Crippen molar-refractivity contribution >= 4 is 0 Å². The molecule has 0 aromatic heterocycles. The molecule has 1 aromatic rings. The zero-order valence-corrected chi connectivity index (χ0v) is 10.5. The molecule has 2 rings (SSSR count). The minimum absolute atomic E-state index is 0.0662. The van der Waals surface area contributed by atoms with Gasteiger partial charge in [0.25, 0.3) is 0 Å². The highest BCUT2D eigenvalue weighted by molar-refractivity contribution is 5.33. The minimum atomic E-state index is -0.276. The lowest BCUT2D eigenvalue weighted by Gasteiger charge is -2.40. The van der Waals surface area contributed by atoms with Crippen LogP contribution in [0.3, 0.4) is 0 Å². The fourth-order valence-corrected chi connectivity index (χ4v) is 2.23. The fourth-order valence-electron chi connectivity index (χ4n) is 2.23. The number of nitrogens with one attached hydrogen (secondary N) is 1. The fraction of sp³-hybridized carbons (Fsp3) is 0.500. The van der Waals surface area contributed by atoms with E-state index in [1.165, 1.54) is 18.6 Å². The summed E-state index contributed by atoms with van der Waals surface area (Å²) in [6, 6.07) is 6.43. The number of benzene rings is 1. The van der Waals surface area contributed by atoms with Crippen LogP contribution in [0.5, 0.6) is 0 Å². The van der Waals surface area contributed by atoms with Crippen molar-refractivity contribution in [1.82, 2.24) is 5.32 Å². The van der Waals surface area contributed by atoms with Gasteiger partial charge in [0.05, 0.1) is 17.2 Å². The molecule has 3 nitrogen and oxygen atoms in total. The first-order chi connectivity index (χ1) is 8.69. The van der Waals surface area contributed by atoms with Crippen LogP contribution in [0.25, 0.3) is 0 Å². The third kappa shape index (κ3) is 2.69. The van der Waals surface area contributed by atoms with Crippen LogP contribution in [0, 0.1) is 17.1 Å². The molecule has 0 unspecified atom stereocenters. The van der Waals surface area contributed by atoms with Gasteiger partial charge >= 0.3 is 0 Å². The SMILES string of the molecule is COC1(CNCc2cc(C#N)ccc2F)CCC1. The van der Waals surface area contributed by atoms with Crippen molar-refractivity contribution in [2.75, 3.05) is 13.7 Å². The molecule has 1 aliphatic rings. The second kappa shape index (κ2) is 5.47. The zero-order chi connectivity index (χ0) is 13.0. The van der Waals surface area contributed by atoms with Gasteiger partial charge in [-0.15, -0.1) is 0 Å². The van der Waals surface area contributed by atoms with Crippen molar-refractivity contribution in [3.63, 3.8) is 0 Å². The molecule has 1 fully saturated rings. The molecule has 0 spiro atoms. The highest BCUT2D eigenvalue weighted by atomic mass is 19.1. The Morgan fingerprint density at radius 3 is 2.83 bits per heavy atom. The number of hydrogen-bond acceptors (Lipinski definition) is 3. The monoisotopic (exact) mass is 248 g/mol. The smallest absolute Gasteiger partial charge is 0.127 e. The second-order valence-electron chi connectivity index (χ2n) is 4.76. The Balaban J connectivity index is 1.92. The first-order valence-electron chi connectivity index (χ1n) is 6.13. The summed E-state index contributed by atoms with van der Waals surface area (Å²) in [6.45, 7) is 1.15. The van der Waals surface area contributed by atoms with Crippen LogP contribution < -0.4 is 5.32 Å². The summed E-state index contributed by atoms with van der Waals surface area (Å²) >= 11 is 0. The molecule has 0 heterocycles. The highest BCUT2D eigenvalue weighted by Crippen LogP contribution is 2.34. The minimum Gasteiger partial charge on any atom is -0.377 e. The molecule has 96 valence electrons. The topological polar surface area (TPSA) is 45.0 Å². The molecule has 1 saturated carbocycles. The lowest BCUT2D eigenvalue weighted by atomic mass is 9.80. The molecular formula is C14H17FN2O. The Morgan fingerprint density at radius 2 is 2.28 bits per heavy atom. The number of halogens is 1. The summed E-state index contributed by atoms with van der Waals surface area (Å²) in [5.41, 5.74) is 0.946. The zero-order valence-electron chi connectivity index (χ0n) is 10.5. The van der Waals surface area contributed by atoms with Gasteiger partial charge in [0.1, 0.15) is 5.82 Å². The molecule has 0 aliphatic heterocycles. The van der Waals surface area contributed by atoms with E-state index in [0.717, 1.165) is 19.4 Å². The van der Waals surface area contributed by atoms with Crippen molar-refractivity contribution in [2.45, 2.75) is 31.4 Å². The molecule has 0 amide bonds. The van der Waals surface area contributed by atoms with Gasteiger partial charge in [-0.3, -0.25) is 0 Å². The predicted molar refractivity (Wildman–Crippen MR) is 66.4 cm³/mol. The number of rotatable bonds is 5. The van der Waals surface area contributed by atoms with Crippen molar-refractivity contribution in [3.8, 4) is 6.07 Å². The van der Waals surface area contributed by atoms with Gasteiger partial charge in [0.15, 0.2) is 0 Å². The lowest BCUT2D eigenvalue weighted by molar-refractivity contribution is -0.0695. The maximum atomic E-state index is 13.5. The number of nitriles is 1. The largest absolute Gasteiger partial charge is 0.377 e. The van der Waals surface area contributed by atoms with E-state index < -0.39 is 0 Å². The number of nitrogens with zero attached hydrogens (tertiary/aromatic N) is 1. The van der Waals surface area contributed by atoms with Crippen molar-refractivity contribution < 1.29 is 9.13 Å². The molecule has 1 N–H and O–H groups in total. The molecule has 0 saturated heterocycles. The van der Waals surface area contributed by atoms with Crippen LogP contribution >= 0.6 is 0 Å². The predicted octanol–water partition coefficient (Wildman–Crippen LogP) is 2.36. The molecule has 1 aliphatic carbocycles. The molecule has 0 bridgehead atoms. The standard InChI is InChI=1S/C14H17FN2O/c1-18-14(5-2-6-14)10-17-9-12-7-11(8-16)3-4-13(12)15/h3-4,7,17H,2,5-6,9-10H2,1H3. The highest BCUT2D eigenvalue weighted by Gasteiger charge is 2.36. The number of methoxy groups -OCH3 is 1. The van der Waals surface area contributed by atoms with E-state index in [1.807, 2.05) is 6.07 Å². The summed E-state index contributed by atoms with van der Waals surface area (Å²) < 4.78 is 19.0. The Kier molecular flexibility index (Phi) is 3.95. The summed E-state index contributed by atoms with van der Waals surface area (Å²) in [6.07, 6.45) is 3.29. The summed E-state index contributed by atoms with van der Waals surface area (Å²) in [5.74, 6) is -0.276. The average molecular weight is 248 g/mol. The van der Waals surface area contributed by atoms with E-state index in [4.69, 9.17) is 10.00 Å². The second-order valence-corrected chi connectivity index (χ2v) is 4.76. The normalized spacial score (nSPS) is 16.9. The van der Waals surface area contributed by atoms with Gasteiger partial charge in [-0.05, 0) is 37.5 Å². The maximum Gasteiger partial charge on any atom is 0.127 e. The van der Waals surface area contributed by atoms with E-state index >= 15 is 0 Å². The Morgan fingerprint density at radius 1 is 1.50 bits per heavy atom. The number of hydrogen-bond donors (Lipinski definition) is 1. The van der Waals surface area contributed by atoms with Gasteiger partial charge in [-0.25, -0.2) is 4.39 Å². The Hall–Kier alpha value is -1.44. The van der Waals surface area contributed by atoms with Crippen LogP contribution in [-0.4, -0.2) is 19.3 Å². The summed E-state index contributed by atoms with van der Waals surface area (Å²) in [7, 11) is 1.72. The molecule has 0 atom stereocenters.